The first-order valence-corrected chi connectivity index (χ1v) is 8.85. The molecule has 0 radical (unpaired) electrons. The number of aromatic nitrogens is 2. The SMILES string of the molecule is O=C(CCn1ccnc1)NC1CC2(CCOCC2)Oc2ccccc21. The maximum Gasteiger partial charge on any atom is 0.222 e. The van der Waals surface area contributed by atoms with Crippen molar-refractivity contribution in [1.82, 2.24) is 14.9 Å². The number of para-hydroxylation sites is 1. The van der Waals surface area contributed by atoms with E-state index in [0.717, 1.165) is 30.6 Å². The van der Waals surface area contributed by atoms with Gasteiger partial charge in [-0.05, 0) is 6.07 Å². The molecule has 0 saturated carbocycles. The van der Waals surface area contributed by atoms with E-state index in [1.165, 1.54) is 0 Å². The van der Waals surface area contributed by atoms with Gasteiger partial charge in [-0.15, -0.1) is 0 Å². The van der Waals surface area contributed by atoms with Crippen LogP contribution < -0.4 is 10.1 Å². The summed E-state index contributed by atoms with van der Waals surface area (Å²) in [5, 5.41) is 3.22. The quantitative estimate of drug-likeness (QED) is 0.928. The van der Waals surface area contributed by atoms with Crippen molar-refractivity contribution < 1.29 is 14.3 Å². The second-order valence-corrected chi connectivity index (χ2v) is 6.81. The predicted molar refractivity (Wildman–Crippen MR) is 92.2 cm³/mol. The molecule has 1 N–H and O–H groups in total. The van der Waals surface area contributed by atoms with Gasteiger partial charge in [0.15, 0.2) is 0 Å². The highest BCUT2D eigenvalue weighted by Crippen LogP contribution is 2.43. The lowest BCUT2D eigenvalue weighted by molar-refractivity contribution is -0.123. The van der Waals surface area contributed by atoms with Gasteiger partial charge < -0.3 is 19.4 Å². The molecule has 1 aromatic heterocycles. The average Bonchev–Trinajstić information content (AvgIpc) is 3.14. The summed E-state index contributed by atoms with van der Waals surface area (Å²) in [6, 6.07) is 8.00. The van der Waals surface area contributed by atoms with Gasteiger partial charge in [-0.3, -0.25) is 4.79 Å². The van der Waals surface area contributed by atoms with E-state index in [2.05, 4.69) is 10.3 Å². The number of fused-ring (bicyclic) bond motifs is 1. The summed E-state index contributed by atoms with van der Waals surface area (Å²) >= 11 is 0. The molecule has 4 rings (SSSR count). The van der Waals surface area contributed by atoms with Crippen LogP contribution >= 0.6 is 0 Å². The van der Waals surface area contributed by atoms with Crippen LogP contribution in [0.4, 0.5) is 0 Å². The molecule has 3 heterocycles. The minimum Gasteiger partial charge on any atom is -0.487 e. The normalized spacial score (nSPS) is 21.4. The molecule has 1 saturated heterocycles. The smallest absolute Gasteiger partial charge is 0.222 e. The lowest BCUT2D eigenvalue weighted by atomic mass is 9.82. The predicted octanol–water partition coefficient (Wildman–Crippen LogP) is 2.46. The Hall–Kier alpha value is -2.34. The lowest BCUT2D eigenvalue weighted by Crippen LogP contribution is -2.48. The average molecular weight is 341 g/mol. The fraction of sp³-hybridized carbons (Fsp3) is 0.474. The van der Waals surface area contributed by atoms with E-state index in [1.807, 2.05) is 35.0 Å². The Kier molecular flexibility index (Phi) is 4.44. The molecule has 1 amide bonds. The van der Waals surface area contributed by atoms with Crippen molar-refractivity contribution in [3.8, 4) is 5.75 Å². The Balaban J connectivity index is 1.48. The molecule has 2 aliphatic heterocycles. The highest BCUT2D eigenvalue weighted by atomic mass is 16.5. The Morgan fingerprint density at radius 3 is 2.96 bits per heavy atom. The third-order valence-electron chi connectivity index (χ3n) is 5.09. The Morgan fingerprint density at radius 1 is 1.32 bits per heavy atom. The summed E-state index contributed by atoms with van der Waals surface area (Å²) < 4.78 is 13.8. The van der Waals surface area contributed by atoms with E-state index in [-0.39, 0.29) is 17.6 Å². The molecule has 1 unspecified atom stereocenters. The van der Waals surface area contributed by atoms with Crippen LogP contribution in [-0.2, 0) is 16.1 Å². The summed E-state index contributed by atoms with van der Waals surface area (Å²) in [5.74, 6) is 0.938. The first-order valence-electron chi connectivity index (χ1n) is 8.85. The number of nitrogens with zero attached hydrogens (tertiary/aromatic N) is 2. The number of aryl methyl sites for hydroxylation is 1. The van der Waals surface area contributed by atoms with Crippen LogP contribution in [0.1, 0.15) is 37.3 Å². The standard InChI is InChI=1S/C19H23N3O3/c23-18(5-9-22-10-8-20-14-22)21-16-13-19(6-11-24-12-7-19)25-17-4-2-1-3-15(16)17/h1-4,8,10,14,16H,5-7,9,11-13H2,(H,21,23). The van der Waals surface area contributed by atoms with E-state index in [4.69, 9.17) is 9.47 Å². The van der Waals surface area contributed by atoms with Crippen LogP contribution in [0.2, 0.25) is 0 Å². The number of carbonyl (C=O) groups excluding carboxylic acids is 1. The first kappa shape index (κ1) is 16.1. The van der Waals surface area contributed by atoms with Crippen LogP contribution in [0.25, 0.3) is 0 Å². The molecule has 6 nitrogen and oxygen atoms in total. The number of nitrogens with one attached hydrogen (secondary N) is 1. The molecule has 1 atom stereocenters. The van der Waals surface area contributed by atoms with Crippen molar-refractivity contribution >= 4 is 5.91 Å². The monoisotopic (exact) mass is 341 g/mol. The van der Waals surface area contributed by atoms with Gasteiger partial charge in [0.05, 0.1) is 25.6 Å². The maximum absolute atomic E-state index is 12.5. The fourth-order valence-corrected chi connectivity index (χ4v) is 3.71. The third kappa shape index (κ3) is 3.54. The highest BCUT2D eigenvalue weighted by Gasteiger charge is 2.42. The zero-order valence-corrected chi connectivity index (χ0v) is 14.2. The summed E-state index contributed by atoms with van der Waals surface area (Å²) in [7, 11) is 0. The summed E-state index contributed by atoms with van der Waals surface area (Å²) in [4.78, 5) is 16.5. The van der Waals surface area contributed by atoms with Crippen LogP contribution in [0, 0.1) is 0 Å². The summed E-state index contributed by atoms with van der Waals surface area (Å²) in [5.41, 5.74) is 0.838. The largest absolute Gasteiger partial charge is 0.487 e. The first-order chi connectivity index (χ1) is 12.2. The lowest BCUT2D eigenvalue weighted by Gasteiger charge is -2.44. The Labute approximate surface area is 147 Å². The van der Waals surface area contributed by atoms with Crippen LogP contribution in [0.15, 0.2) is 43.0 Å². The number of carbonyl (C=O) groups is 1. The fourth-order valence-electron chi connectivity index (χ4n) is 3.71. The Morgan fingerprint density at radius 2 is 2.16 bits per heavy atom. The van der Waals surface area contributed by atoms with Crippen molar-refractivity contribution in [1.29, 1.82) is 0 Å². The minimum absolute atomic E-state index is 0.0154. The van der Waals surface area contributed by atoms with Crippen molar-refractivity contribution in [3.63, 3.8) is 0 Å². The van der Waals surface area contributed by atoms with E-state index < -0.39 is 0 Å². The number of benzene rings is 1. The second kappa shape index (κ2) is 6.88. The van der Waals surface area contributed by atoms with E-state index in [0.29, 0.717) is 26.2 Å². The van der Waals surface area contributed by atoms with Crippen LogP contribution in [-0.4, -0.2) is 34.3 Å². The van der Waals surface area contributed by atoms with Crippen molar-refractivity contribution in [2.75, 3.05) is 13.2 Å². The molecule has 2 aromatic rings. The van der Waals surface area contributed by atoms with Gasteiger partial charge in [0.25, 0.3) is 0 Å². The molecule has 132 valence electrons. The second-order valence-electron chi connectivity index (χ2n) is 6.81. The van der Waals surface area contributed by atoms with Crippen molar-refractivity contribution in [2.45, 2.75) is 43.9 Å². The number of amides is 1. The molecule has 0 bridgehead atoms. The third-order valence-corrected chi connectivity index (χ3v) is 5.09. The number of hydrogen-bond donors (Lipinski definition) is 1. The van der Waals surface area contributed by atoms with E-state index in [9.17, 15) is 4.79 Å². The van der Waals surface area contributed by atoms with Gasteiger partial charge in [-0.25, -0.2) is 4.98 Å². The maximum atomic E-state index is 12.5. The van der Waals surface area contributed by atoms with Gasteiger partial charge in [0, 0.05) is 50.2 Å². The number of rotatable bonds is 4. The summed E-state index contributed by atoms with van der Waals surface area (Å²) in [6.07, 6.45) is 8.28. The van der Waals surface area contributed by atoms with E-state index in [1.54, 1.807) is 12.5 Å². The highest BCUT2D eigenvalue weighted by molar-refractivity contribution is 5.76. The van der Waals surface area contributed by atoms with Gasteiger partial charge in [0.2, 0.25) is 5.91 Å². The number of ether oxygens (including phenoxy) is 2. The molecule has 1 spiro atoms. The number of hydrogen-bond acceptors (Lipinski definition) is 4. The molecule has 1 aromatic carbocycles. The van der Waals surface area contributed by atoms with Crippen LogP contribution in [0.3, 0.4) is 0 Å². The topological polar surface area (TPSA) is 65.4 Å². The molecular formula is C19H23N3O3. The molecular weight excluding hydrogens is 318 g/mol. The number of imidazole rings is 1. The molecule has 2 aliphatic rings. The molecule has 1 fully saturated rings. The van der Waals surface area contributed by atoms with Crippen molar-refractivity contribution in [2.24, 2.45) is 0 Å². The molecule has 0 aliphatic carbocycles. The van der Waals surface area contributed by atoms with Crippen molar-refractivity contribution in [3.05, 3.63) is 48.5 Å². The summed E-state index contributed by atoms with van der Waals surface area (Å²) in [6.45, 7) is 2.06. The molecule has 25 heavy (non-hydrogen) atoms. The van der Waals surface area contributed by atoms with Crippen LogP contribution in [0.5, 0.6) is 5.75 Å². The molecule has 6 heteroatoms. The minimum atomic E-state index is -0.227. The van der Waals surface area contributed by atoms with Gasteiger partial charge in [-0.1, -0.05) is 18.2 Å². The zero-order chi connectivity index (χ0) is 17.1. The Bertz CT molecular complexity index is 723. The zero-order valence-electron chi connectivity index (χ0n) is 14.2. The van der Waals surface area contributed by atoms with Gasteiger partial charge >= 0.3 is 0 Å². The van der Waals surface area contributed by atoms with E-state index >= 15 is 0 Å². The van der Waals surface area contributed by atoms with Gasteiger partial charge in [-0.2, -0.15) is 0 Å². The van der Waals surface area contributed by atoms with Gasteiger partial charge in [0.1, 0.15) is 11.4 Å².